The lowest BCUT2D eigenvalue weighted by atomic mass is 10.2. The predicted molar refractivity (Wildman–Crippen MR) is 98.7 cm³/mol. The quantitative estimate of drug-likeness (QED) is 0.391. The van der Waals surface area contributed by atoms with Crippen LogP contribution in [0.4, 0.5) is 11.4 Å². The van der Waals surface area contributed by atoms with Gasteiger partial charge in [-0.15, -0.1) is 0 Å². The Hall–Kier alpha value is -2.57. The standard InChI is InChI=1S/C16H11Cl2N3O4S/c17-13-2-1-3-14(15(13)18)21-16(22)10(8-19)9-20-11-4-6-12(7-5-11)26(23,24)25/h1-7,9,20H,(H,21,22)(H,23,24,25)/b10-9-. The van der Waals surface area contributed by atoms with Gasteiger partial charge < -0.3 is 10.6 Å². The SMILES string of the molecule is N#C/C(=C/Nc1ccc(S(=O)(=O)O)cc1)C(=O)Nc1cccc(Cl)c1Cl. The zero-order chi connectivity index (χ0) is 19.3. The molecule has 2 rings (SSSR count). The maximum Gasteiger partial charge on any atom is 0.294 e. The predicted octanol–water partition coefficient (Wildman–Crippen LogP) is 3.70. The molecule has 0 saturated heterocycles. The van der Waals surface area contributed by atoms with Crippen LogP contribution in [0.1, 0.15) is 0 Å². The Morgan fingerprint density at radius 2 is 1.81 bits per heavy atom. The van der Waals surface area contributed by atoms with E-state index in [2.05, 4.69) is 10.6 Å². The first kappa shape index (κ1) is 19.8. The van der Waals surface area contributed by atoms with Crippen molar-refractivity contribution in [3.8, 4) is 6.07 Å². The second-order valence-electron chi connectivity index (χ2n) is 4.87. The first-order valence-corrected chi connectivity index (χ1v) is 9.11. The average molecular weight is 412 g/mol. The van der Waals surface area contributed by atoms with Gasteiger partial charge in [0.25, 0.3) is 16.0 Å². The molecule has 0 aliphatic heterocycles. The van der Waals surface area contributed by atoms with Gasteiger partial charge in [-0.3, -0.25) is 9.35 Å². The lowest BCUT2D eigenvalue weighted by Gasteiger charge is -2.08. The molecule has 2 aromatic carbocycles. The summed E-state index contributed by atoms with van der Waals surface area (Å²) in [6.07, 6.45) is 1.15. The fraction of sp³-hybridized carbons (Fsp3) is 0. The van der Waals surface area contributed by atoms with E-state index < -0.39 is 16.0 Å². The minimum atomic E-state index is -4.29. The first-order chi connectivity index (χ1) is 12.2. The number of anilines is 2. The van der Waals surface area contributed by atoms with E-state index in [9.17, 15) is 13.2 Å². The molecular weight excluding hydrogens is 401 g/mol. The molecule has 26 heavy (non-hydrogen) atoms. The molecule has 0 bridgehead atoms. The number of nitrogens with zero attached hydrogens (tertiary/aromatic N) is 1. The van der Waals surface area contributed by atoms with Crippen molar-refractivity contribution in [3.05, 3.63) is 64.3 Å². The van der Waals surface area contributed by atoms with E-state index in [4.69, 9.17) is 33.0 Å². The molecule has 0 aliphatic rings. The zero-order valence-corrected chi connectivity index (χ0v) is 15.2. The van der Waals surface area contributed by atoms with E-state index >= 15 is 0 Å². The second kappa shape index (κ2) is 8.21. The van der Waals surface area contributed by atoms with E-state index in [1.54, 1.807) is 18.2 Å². The van der Waals surface area contributed by atoms with Gasteiger partial charge in [0.15, 0.2) is 0 Å². The number of carbonyl (C=O) groups excluding carboxylic acids is 1. The Balaban J connectivity index is 2.13. The van der Waals surface area contributed by atoms with Crippen LogP contribution in [0.5, 0.6) is 0 Å². The van der Waals surface area contributed by atoms with Crippen molar-refractivity contribution < 1.29 is 17.8 Å². The molecule has 0 saturated carbocycles. The van der Waals surface area contributed by atoms with E-state index in [0.29, 0.717) is 5.69 Å². The molecule has 0 heterocycles. The highest BCUT2D eigenvalue weighted by atomic mass is 35.5. The zero-order valence-electron chi connectivity index (χ0n) is 12.9. The number of hydrogen-bond donors (Lipinski definition) is 3. The molecule has 134 valence electrons. The minimum Gasteiger partial charge on any atom is -0.360 e. The van der Waals surface area contributed by atoms with Gasteiger partial charge in [0.1, 0.15) is 11.6 Å². The van der Waals surface area contributed by atoms with Crippen LogP contribution in [0, 0.1) is 11.3 Å². The molecule has 10 heteroatoms. The number of nitriles is 1. The highest BCUT2D eigenvalue weighted by Crippen LogP contribution is 2.29. The Morgan fingerprint density at radius 3 is 2.38 bits per heavy atom. The summed E-state index contributed by atoms with van der Waals surface area (Å²) in [5.41, 5.74) is 0.404. The van der Waals surface area contributed by atoms with E-state index in [1.807, 2.05) is 0 Å². The number of benzene rings is 2. The van der Waals surface area contributed by atoms with Crippen LogP contribution in [0.15, 0.2) is 59.1 Å². The molecule has 0 aliphatic carbocycles. The molecule has 0 unspecified atom stereocenters. The van der Waals surface area contributed by atoms with Gasteiger partial charge in [0.2, 0.25) is 0 Å². The number of nitrogens with one attached hydrogen (secondary N) is 2. The monoisotopic (exact) mass is 411 g/mol. The summed E-state index contributed by atoms with van der Waals surface area (Å²) in [4.78, 5) is 11.9. The molecule has 0 radical (unpaired) electrons. The Morgan fingerprint density at radius 1 is 1.15 bits per heavy atom. The molecule has 0 spiro atoms. The molecule has 0 atom stereocenters. The van der Waals surface area contributed by atoms with E-state index in [1.165, 1.54) is 30.3 Å². The summed E-state index contributed by atoms with van der Waals surface area (Å²) < 4.78 is 30.9. The van der Waals surface area contributed by atoms with Crippen molar-refractivity contribution in [3.63, 3.8) is 0 Å². The summed E-state index contributed by atoms with van der Waals surface area (Å²) in [5.74, 6) is -0.710. The van der Waals surface area contributed by atoms with Gasteiger partial charge in [0.05, 0.1) is 20.6 Å². The fourth-order valence-electron chi connectivity index (χ4n) is 1.82. The van der Waals surface area contributed by atoms with Crippen LogP contribution in [0.25, 0.3) is 0 Å². The smallest absolute Gasteiger partial charge is 0.294 e. The molecular formula is C16H11Cl2N3O4S. The normalized spacial score (nSPS) is 11.5. The van der Waals surface area contributed by atoms with E-state index in [0.717, 1.165) is 6.20 Å². The van der Waals surface area contributed by atoms with Gasteiger partial charge in [-0.2, -0.15) is 13.7 Å². The van der Waals surface area contributed by atoms with Gasteiger partial charge in [-0.05, 0) is 36.4 Å². The molecule has 7 nitrogen and oxygen atoms in total. The van der Waals surface area contributed by atoms with Crippen molar-refractivity contribution in [2.45, 2.75) is 4.90 Å². The largest absolute Gasteiger partial charge is 0.360 e. The Kier molecular flexibility index (Phi) is 6.23. The summed E-state index contributed by atoms with van der Waals surface area (Å²) >= 11 is 11.8. The van der Waals surface area contributed by atoms with Crippen LogP contribution in [-0.4, -0.2) is 18.9 Å². The molecule has 1 amide bonds. The second-order valence-corrected chi connectivity index (χ2v) is 7.08. The van der Waals surface area contributed by atoms with Crippen molar-refractivity contribution >= 4 is 50.6 Å². The van der Waals surface area contributed by atoms with Gasteiger partial charge in [-0.1, -0.05) is 29.3 Å². The summed E-state index contributed by atoms with van der Waals surface area (Å²) in [7, 11) is -4.29. The number of hydrogen-bond acceptors (Lipinski definition) is 5. The van der Waals surface area contributed by atoms with E-state index in [-0.39, 0.29) is 26.2 Å². The first-order valence-electron chi connectivity index (χ1n) is 6.92. The average Bonchev–Trinajstić information content (AvgIpc) is 2.59. The number of carbonyl (C=O) groups is 1. The van der Waals surface area contributed by atoms with Gasteiger partial charge in [-0.25, -0.2) is 0 Å². The maximum absolute atomic E-state index is 12.2. The van der Waals surface area contributed by atoms with Crippen LogP contribution in [0.2, 0.25) is 10.0 Å². The third kappa shape index (κ3) is 4.97. The molecule has 0 fully saturated rings. The van der Waals surface area contributed by atoms with Crippen LogP contribution >= 0.6 is 23.2 Å². The molecule has 0 aromatic heterocycles. The fourth-order valence-corrected chi connectivity index (χ4v) is 2.65. The van der Waals surface area contributed by atoms with Crippen LogP contribution < -0.4 is 10.6 Å². The minimum absolute atomic E-state index is 0.147. The third-order valence-electron chi connectivity index (χ3n) is 3.10. The summed E-state index contributed by atoms with van der Waals surface area (Å²) in [6.45, 7) is 0. The topological polar surface area (TPSA) is 119 Å². The molecule has 2 aromatic rings. The number of halogens is 2. The lowest BCUT2D eigenvalue weighted by molar-refractivity contribution is -0.112. The lowest BCUT2D eigenvalue weighted by Crippen LogP contribution is -2.15. The summed E-state index contributed by atoms with van der Waals surface area (Å²) in [5, 5.41) is 14.7. The molecule has 3 N–H and O–H groups in total. The van der Waals surface area contributed by atoms with Crippen molar-refractivity contribution in [1.82, 2.24) is 0 Å². The van der Waals surface area contributed by atoms with Crippen molar-refractivity contribution in [2.24, 2.45) is 0 Å². The summed E-state index contributed by atoms with van der Waals surface area (Å²) in [6, 6.07) is 11.5. The highest BCUT2D eigenvalue weighted by molar-refractivity contribution is 7.85. The van der Waals surface area contributed by atoms with Gasteiger partial charge >= 0.3 is 0 Å². The Bertz CT molecular complexity index is 1010. The number of rotatable bonds is 5. The maximum atomic E-state index is 12.2. The number of amides is 1. The van der Waals surface area contributed by atoms with Crippen molar-refractivity contribution in [1.29, 1.82) is 5.26 Å². The Labute approximate surface area is 159 Å². The highest BCUT2D eigenvalue weighted by Gasteiger charge is 2.13. The van der Waals surface area contributed by atoms with Crippen molar-refractivity contribution in [2.75, 3.05) is 10.6 Å². The van der Waals surface area contributed by atoms with Crippen LogP contribution in [-0.2, 0) is 14.9 Å². The van der Waals surface area contributed by atoms with Crippen LogP contribution in [0.3, 0.4) is 0 Å². The van der Waals surface area contributed by atoms with Gasteiger partial charge in [0, 0.05) is 11.9 Å². The third-order valence-corrected chi connectivity index (χ3v) is 4.79.